The number of benzene rings is 3. The van der Waals surface area contributed by atoms with Gasteiger partial charge in [0.1, 0.15) is 24.2 Å². The number of carbonyl (C=O) groups excluding carboxylic acids is 4. The first-order valence-electron chi connectivity index (χ1n) is 17.4. The molecule has 0 spiro atoms. The maximum absolute atomic E-state index is 14.2. The van der Waals surface area contributed by atoms with Gasteiger partial charge in [-0.3, -0.25) is 24.2 Å². The number of fused-ring (bicyclic) bond motifs is 1. The SMILES string of the molecule is NC(=O)[C@H](Cc1c[nH]c2ccccc12)NC(=O)[C@H](CCCN=C(N)N)NC(=O)[C@H](Cc1ccccc1)NC(=O)[C@H](Cc1ccc(Cl)cc1)Nc1ccco1. The van der Waals surface area contributed by atoms with Crippen molar-refractivity contribution < 1.29 is 23.6 Å². The molecule has 2 heterocycles. The second kappa shape index (κ2) is 19.0. The summed E-state index contributed by atoms with van der Waals surface area (Å²) in [6.45, 7) is 0.186. The first-order chi connectivity index (χ1) is 26.0. The summed E-state index contributed by atoms with van der Waals surface area (Å²) in [6, 6.07) is 23.0. The molecular weight excluding hydrogens is 710 g/mol. The highest BCUT2D eigenvalue weighted by Gasteiger charge is 2.31. The number of amides is 4. The molecule has 0 radical (unpaired) electrons. The normalized spacial score (nSPS) is 13.2. The number of aliphatic imine (C=N–C) groups is 1. The Balaban J connectivity index is 1.37. The molecule has 0 aliphatic heterocycles. The largest absolute Gasteiger partial charge is 0.449 e. The minimum absolute atomic E-state index is 0.109. The lowest BCUT2D eigenvalue weighted by Crippen LogP contribution is -2.58. The quantitative estimate of drug-likeness (QED) is 0.0354. The number of nitrogens with zero attached hydrogens (tertiary/aromatic N) is 1. The van der Waals surface area contributed by atoms with E-state index in [1.807, 2.05) is 66.7 Å². The Labute approximate surface area is 317 Å². The highest BCUT2D eigenvalue weighted by molar-refractivity contribution is 6.30. The van der Waals surface area contributed by atoms with Crippen molar-refractivity contribution in [1.82, 2.24) is 20.9 Å². The number of guanidine groups is 1. The van der Waals surface area contributed by atoms with Crippen LogP contribution in [0, 0.1) is 0 Å². The van der Waals surface area contributed by atoms with Crippen LogP contribution in [0.1, 0.15) is 29.5 Å². The van der Waals surface area contributed by atoms with Gasteiger partial charge in [-0.1, -0.05) is 72.3 Å². The van der Waals surface area contributed by atoms with Crippen LogP contribution in [0.2, 0.25) is 5.02 Å². The van der Waals surface area contributed by atoms with Crippen LogP contribution in [0.4, 0.5) is 5.88 Å². The zero-order valence-corrected chi connectivity index (χ0v) is 30.2. The van der Waals surface area contributed by atoms with Gasteiger partial charge in [-0.15, -0.1) is 0 Å². The molecule has 5 rings (SSSR count). The molecule has 15 heteroatoms. The Bertz CT molecular complexity index is 2030. The Morgan fingerprint density at radius 1 is 0.704 bits per heavy atom. The van der Waals surface area contributed by atoms with Gasteiger partial charge in [0.25, 0.3) is 0 Å². The number of primary amides is 1. The number of para-hydroxylation sites is 1. The minimum atomic E-state index is -1.14. The highest BCUT2D eigenvalue weighted by atomic mass is 35.5. The number of nitrogens with one attached hydrogen (secondary N) is 5. The van der Waals surface area contributed by atoms with Crippen molar-refractivity contribution in [3.05, 3.63) is 125 Å². The molecule has 11 N–H and O–H groups in total. The van der Waals surface area contributed by atoms with E-state index in [-0.39, 0.29) is 38.2 Å². The van der Waals surface area contributed by atoms with Crippen molar-refractivity contribution in [2.45, 2.75) is 56.3 Å². The number of halogens is 1. The van der Waals surface area contributed by atoms with E-state index in [0.29, 0.717) is 17.3 Å². The first-order valence-corrected chi connectivity index (χ1v) is 17.8. The maximum atomic E-state index is 14.2. The van der Waals surface area contributed by atoms with Crippen LogP contribution in [0.5, 0.6) is 0 Å². The predicted molar refractivity (Wildman–Crippen MR) is 208 cm³/mol. The molecule has 0 unspecified atom stereocenters. The third kappa shape index (κ3) is 11.4. The van der Waals surface area contributed by atoms with E-state index in [2.05, 4.69) is 31.2 Å². The van der Waals surface area contributed by atoms with E-state index < -0.39 is 47.8 Å². The smallest absolute Gasteiger partial charge is 0.243 e. The molecular formula is C39H44ClN9O5. The number of H-pyrrole nitrogens is 1. The topological polar surface area (TPSA) is 236 Å². The summed E-state index contributed by atoms with van der Waals surface area (Å²) in [4.78, 5) is 61.9. The minimum Gasteiger partial charge on any atom is -0.449 e. The molecule has 0 aliphatic carbocycles. The molecule has 4 atom stereocenters. The average Bonchev–Trinajstić information content (AvgIpc) is 3.83. The fraction of sp³-hybridized carbons (Fsp3) is 0.256. The number of aromatic nitrogens is 1. The highest BCUT2D eigenvalue weighted by Crippen LogP contribution is 2.20. The molecule has 2 aromatic heterocycles. The van der Waals surface area contributed by atoms with Crippen LogP contribution in [-0.4, -0.2) is 65.3 Å². The van der Waals surface area contributed by atoms with Crippen LogP contribution in [0.3, 0.4) is 0 Å². The molecule has 0 bridgehead atoms. The number of anilines is 1. The Hall–Kier alpha value is -6.28. The number of furan rings is 1. The van der Waals surface area contributed by atoms with Crippen LogP contribution in [0.25, 0.3) is 10.9 Å². The fourth-order valence-electron chi connectivity index (χ4n) is 5.99. The number of rotatable bonds is 19. The second-order valence-electron chi connectivity index (χ2n) is 12.8. The summed E-state index contributed by atoms with van der Waals surface area (Å²) in [5, 5.41) is 13.0. The summed E-state index contributed by atoms with van der Waals surface area (Å²) >= 11 is 6.10. The summed E-state index contributed by atoms with van der Waals surface area (Å²) in [6.07, 6.45) is 4.13. The third-order valence-electron chi connectivity index (χ3n) is 8.76. The van der Waals surface area contributed by atoms with Gasteiger partial charge < -0.3 is 47.9 Å². The van der Waals surface area contributed by atoms with E-state index in [1.54, 1.807) is 30.5 Å². The number of hydrogen-bond donors (Lipinski definition) is 8. The Morgan fingerprint density at radius 2 is 1.33 bits per heavy atom. The monoisotopic (exact) mass is 753 g/mol. The van der Waals surface area contributed by atoms with Crippen LogP contribution in [0.15, 0.2) is 113 Å². The number of hydrogen-bond acceptors (Lipinski definition) is 7. The Morgan fingerprint density at radius 3 is 2.04 bits per heavy atom. The summed E-state index contributed by atoms with van der Waals surface area (Å²) in [5.74, 6) is -2.24. The van der Waals surface area contributed by atoms with Crippen molar-refractivity contribution in [3.63, 3.8) is 0 Å². The van der Waals surface area contributed by atoms with Crippen molar-refractivity contribution >= 4 is 58.0 Å². The molecule has 0 aliphatic rings. The zero-order chi connectivity index (χ0) is 38.5. The standard InChI is InChI=1S/C39H44ClN9O5/c40-27-16-14-25(15-17-27)21-32(46-34-13-7-19-54-34)37(52)49-33(20-24-8-2-1-3-9-24)38(53)47-30(12-6-18-44-39(42)43)36(51)48-31(35(41)50)22-26-23-45-29-11-5-4-10-28(26)29/h1-5,7-11,13-17,19,23,30-33,45-46H,6,12,18,20-22H2,(H2,41,50)(H,47,53)(H,48,51)(H,49,52)(H4,42,43,44)/t30-,31-,32-,33-/m0/s1. The predicted octanol–water partition coefficient (Wildman–Crippen LogP) is 2.92. The Kier molecular flexibility index (Phi) is 13.7. The summed E-state index contributed by atoms with van der Waals surface area (Å²) < 4.78 is 5.47. The molecule has 5 aromatic rings. The molecule has 0 saturated carbocycles. The maximum Gasteiger partial charge on any atom is 0.243 e. The van der Waals surface area contributed by atoms with Gasteiger partial charge in [0.05, 0.1) is 6.26 Å². The van der Waals surface area contributed by atoms with Gasteiger partial charge in [-0.05, 0) is 53.8 Å². The van der Waals surface area contributed by atoms with E-state index >= 15 is 0 Å². The molecule has 14 nitrogen and oxygen atoms in total. The molecule has 0 saturated heterocycles. The van der Waals surface area contributed by atoms with E-state index in [0.717, 1.165) is 27.6 Å². The van der Waals surface area contributed by atoms with Gasteiger partial charge in [0, 0.05) is 54.0 Å². The molecule has 54 heavy (non-hydrogen) atoms. The molecule has 4 amide bonds. The van der Waals surface area contributed by atoms with Gasteiger partial charge in [-0.25, -0.2) is 0 Å². The van der Waals surface area contributed by atoms with Gasteiger partial charge in [-0.2, -0.15) is 0 Å². The molecule has 0 fully saturated rings. The van der Waals surface area contributed by atoms with Crippen molar-refractivity contribution in [1.29, 1.82) is 0 Å². The molecule has 282 valence electrons. The van der Waals surface area contributed by atoms with E-state index in [1.165, 1.54) is 6.26 Å². The fourth-order valence-corrected chi connectivity index (χ4v) is 6.12. The summed E-state index contributed by atoms with van der Waals surface area (Å²) in [5.41, 5.74) is 20.0. The van der Waals surface area contributed by atoms with Gasteiger partial charge >= 0.3 is 0 Å². The number of nitrogens with two attached hydrogens (primary N) is 3. The van der Waals surface area contributed by atoms with E-state index in [4.69, 9.17) is 33.2 Å². The second-order valence-corrected chi connectivity index (χ2v) is 13.2. The van der Waals surface area contributed by atoms with Gasteiger partial charge in [0.2, 0.25) is 23.6 Å². The lowest BCUT2D eigenvalue weighted by atomic mass is 10.0. The van der Waals surface area contributed by atoms with Crippen molar-refractivity contribution in [3.8, 4) is 0 Å². The first kappa shape index (κ1) is 38.9. The lowest BCUT2D eigenvalue weighted by Gasteiger charge is -2.26. The van der Waals surface area contributed by atoms with Crippen LogP contribution in [-0.2, 0) is 38.4 Å². The van der Waals surface area contributed by atoms with Gasteiger partial charge in [0.15, 0.2) is 11.8 Å². The number of carbonyl (C=O) groups is 4. The number of aromatic amines is 1. The third-order valence-corrected chi connectivity index (χ3v) is 9.01. The summed E-state index contributed by atoms with van der Waals surface area (Å²) in [7, 11) is 0. The van der Waals surface area contributed by atoms with Crippen LogP contribution < -0.4 is 38.5 Å². The van der Waals surface area contributed by atoms with Crippen molar-refractivity contribution in [2.75, 3.05) is 11.9 Å². The average molecular weight is 754 g/mol. The van der Waals surface area contributed by atoms with E-state index in [9.17, 15) is 19.2 Å². The van der Waals surface area contributed by atoms with Crippen molar-refractivity contribution in [2.24, 2.45) is 22.2 Å². The molecule has 3 aromatic carbocycles. The lowest BCUT2D eigenvalue weighted by molar-refractivity contribution is -0.133. The zero-order valence-electron chi connectivity index (χ0n) is 29.5. The van der Waals surface area contributed by atoms with Crippen LogP contribution >= 0.6 is 11.6 Å².